The highest BCUT2D eigenvalue weighted by atomic mass is 16.6. The fraction of sp³-hybridized carbons (Fsp3) is 0.105. The third-order valence-corrected chi connectivity index (χ3v) is 4.37. The van der Waals surface area contributed by atoms with Gasteiger partial charge in [0.25, 0.3) is 5.69 Å². The Balaban J connectivity index is 1.96. The second kappa shape index (κ2) is 6.03. The van der Waals surface area contributed by atoms with Gasteiger partial charge in [0.05, 0.1) is 42.0 Å². The molecule has 2 heterocycles. The maximum atomic E-state index is 11.5. The zero-order valence-corrected chi connectivity index (χ0v) is 14.1. The monoisotopic (exact) mass is 349 g/mol. The lowest BCUT2D eigenvalue weighted by Gasteiger charge is -2.10. The van der Waals surface area contributed by atoms with Gasteiger partial charge in [0.1, 0.15) is 0 Å². The lowest BCUT2D eigenvalue weighted by Crippen LogP contribution is -1.98. The Morgan fingerprint density at radius 3 is 2.46 bits per heavy atom. The molecule has 0 amide bonds. The summed E-state index contributed by atoms with van der Waals surface area (Å²) in [6.45, 7) is 0. The molecule has 26 heavy (non-hydrogen) atoms. The molecule has 0 bridgehead atoms. The SMILES string of the molecule is COc1cc(-c2cc3[nH]c4ccccc4c3cn2)c([N+](=O)[O-])cc1OC. The van der Waals surface area contributed by atoms with Crippen LogP contribution in [-0.4, -0.2) is 29.1 Å². The van der Waals surface area contributed by atoms with Crippen LogP contribution in [0.1, 0.15) is 0 Å². The number of methoxy groups -OCH3 is 2. The van der Waals surface area contributed by atoms with Crippen molar-refractivity contribution in [3.63, 3.8) is 0 Å². The summed E-state index contributed by atoms with van der Waals surface area (Å²) < 4.78 is 10.5. The van der Waals surface area contributed by atoms with E-state index in [-0.39, 0.29) is 5.69 Å². The maximum Gasteiger partial charge on any atom is 0.282 e. The molecular weight excluding hydrogens is 334 g/mol. The van der Waals surface area contributed by atoms with Crippen molar-refractivity contribution in [3.8, 4) is 22.8 Å². The number of aromatic nitrogens is 2. The van der Waals surface area contributed by atoms with Crippen LogP contribution in [0.5, 0.6) is 11.5 Å². The molecule has 4 rings (SSSR count). The van der Waals surface area contributed by atoms with Crippen LogP contribution in [-0.2, 0) is 0 Å². The summed E-state index contributed by atoms with van der Waals surface area (Å²) in [6.07, 6.45) is 1.73. The van der Waals surface area contributed by atoms with Gasteiger partial charge in [-0.15, -0.1) is 0 Å². The van der Waals surface area contributed by atoms with E-state index in [1.807, 2.05) is 30.3 Å². The largest absolute Gasteiger partial charge is 0.493 e. The van der Waals surface area contributed by atoms with Crippen LogP contribution in [0.2, 0.25) is 0 Å². The highest BCUT2D eigenvalue weighted by Gasteiger charge is 2.22. The summed E-state index contributed by atoms with van der Waals surface area (Å²) in [4.78, 5) is 18.9. The molecule has 1 N–H and O–H groups in total. The average molecular weight is 349 g/mol. The first-order valence-electron chi connectivity index (χ1n) is 7.89. The zero-order valence-electron chi connectivity index (χ0n) is 14.1. The van der Waals surface area contributed by atoms with Crippen LogP contribution in [0.25, 0.3) is 33.1 Å². The van der Waals surface area contributed by atoms with Gasteiger partial charge >= 0.3 is 0 Å². The molecule has 0 aliphatic rings. The molecular formula is C19H15N3O4. The summed E-state index contributed by atoms with van der Waals surface area (Å²) in [6, 6.07) is 12.6. The molecule has 0 aliphatic carbocycles. The normalized spacial score (nSPS) is 11.0. The summed E-state index contributed by atoms with van der Waals surface area (Å²) in [7, 11) is 2.93. The molecule has 0 unspecified atom stereocenters. The Morgan fingerprint density at radius 1 is 1.00 bits per heavy atom. The predicted octanol–water partition coefficient (Wildman–Crippen LogP) is 4.31. The van der Waals surface area contributed by atoms with Gasteiger partial charge in [0.15, 0.2) is 11.5 Å². The van der Waals surface area contributed by atoms with E-state index in [1.165, 1.54) is 20.3 Å². The van der Waals surface area contributed by atoms with E-state index in [2.05, 4.69) is 9.97 Å². The number of para-hydroxylation sites is 1. The summed E-state index contributed by atoms with van der Waals surface area (Å²) in [5.41, 5.74) is 2.61. The fourth-order valence-electron chi connectivity index (χ4n) is 3.12. The number of hydrogen-bond acceptors (Lipinski definition) is 5. The number of nitro benzene ring substituents is 1. The predicted molar refractivity (Wildman–Crippen MR) is 98.8 cm³/mol. The maximum absolute atomic E-state index is 11.5. The van der Waals surface area contributed by atoms with Crippen molar-refractivity contribution in [1.29, 1.82) is 0 Å². The number of nitrogens with zero attached hydrogens (tertiary/aromatic N) is 2. The fourth-order valence-corrected chi connectivity index (χ4v) is 3.12. The van der Waals surface area contributed by atoms with E-state index in [1.54, 1.807) is 12.3 Å². The first-order chi connectivity index (χ1) is 12.6. The van der Waals surface area contributed by atoms with Crippen molar-refractivity contribution in [2.45, 2.75) is 0 Å². The van der Waals surface area contributed by atoms with E-state index >= 15 is 0 Å². The second-order valence-electron chi connectivity index (χ2n) is 5.77. The lowest BCUT2D eigenvalue weighted by molar-refractivity contribution is -0.384. The topological polar surface area (TPSA) is 90.3 Å². The first kappa shape index (κ1) is 15.9. The molecule has 4 aromatic rings. The Hall–Kier alpha value is -3.61. The van der Waals surface area contributed by atoms with E-state index in [0.29, 0.717) is 22.8 Å². The molecule has 2 aromatic carbocycles. The molecule has 0 fully saturated rings. The van der Waals surface area contributed by atoms with E-state index in [9.17, 15) is 10.1 Å². The van der Waals surface area contributed by atoms with E-state index in [0.717, 1.165) is 21.8 Å². The highest BCUT2D eigenvalue weighted by molar-refractivity contribution is 6.07. The van der Waals surface area contributed by atoms with Crippen LogP contribution in [0.3, 0.4) is 0 Å². The molecule has 0 saturated carbocycles. The minimum absolute atomic E-state index is 0.0920. The number of fused-ring (bicyclic) bond motifs is 3. The number of hydrogen-bond donors (Lipinski definition) is 1. The molecule has 0 spiro atoms. The molecule has 0 aliphatic heterocycles. The van der Waals surface area contributed by atoms with Crippen molar-refractivity contribution in [2.75, 3.05) is 14.2 Å². The van der Waals surface area contributed by atoms with Gasteiger partial charge in [-0.25, -0.2) is 0 Å². The van der Waals surface area contributed by atoms with Gasteiger partial charge in [-0.05, 0) is 12.1 Å². The van der Waals surface area contributed by atoms with Crippen LogP contribution in [0.4, 0.5) is 5.69 Å². The van der Waals surface area contributed by atoms with Crippen molar-refractivity contribution in [3.05, 3.63) is 58.8 Å². The van der Waals surface area contributed by atoms with Gasteiger partial charge in [0.2, 0.25) is 0 Å². The molecule has 0 atom stereocenters. The van der Waals surface area contributed by atoms with E-state index in [4.69, 9.17) is 9.47 Å². The summed E-state index contributed by atoms with van der Waals surface area (Å²) in [5, 5.41) is 13.6. The number of H-pyrrole nitrogens is 1. The Kier molecular flexibility index (Phi) is 3.69. The quantitative estimate of drug-likeness (QED) is 0.438. The van der Waals surface area contributed by atoms with Crippen molar-refractivity contribution in [1.82, 2.24) is 9.97 Å². The van der Waals surface area contributed by atoms with Crippen LogP contribution in [0, 0.1) is 10.1 Å². The van der Waals surface area contributed by atoms with Crippen molar-refractivity contribution < 1.29 is 14.4 Å². The van der Waals surface area contributed by atoms with E-state index < -0.39 is 4.92 Å². The molecule has 7 nitrogen and oxygen atoms in total. The Bertz CT molecular complexity index is 1150. The second-order valence-corrected chi connectivity index (χ2v) is 5.77. The number of pyridine rings is 1. The number of aromatic amines is 1. The number of rotatable bonds is 4. The minimum atomic E-state index is -0.450. The van der Waals surface area contributed by atoms with Gasteiger partial charge in [-0.3, -0.25) is 15.1 Å². The summed E-state index contributed by atoms with van der Waals surface area (Å²) in [5.74, 6) is 0.710. The third kappa shape index (κ3) is 2.41. The van der Waals surface area contributed by atoms with Crippen LogP contribution < -0.4 is 9.47 Å². The molecule has 0 radical (unpaired) electrons. The number of nitrogens with one attached hydrogen (secondary N) is 1. The first-order valence-corrected chi connectivity index (χ1v) is 7.89. The van der Waals surface area contributed by atoms with Gasteiger partial charge < -0.3 is 14.5 Å². The number of benzene rings is 2. The minimum Gasteiger partial charge on any atom is -0.493 e. The smallest absolute Gasteiger partial charge is 0.282 e. The molecule has 2 aromatic heterocycles. The summed E-state index contributed by atoms with van der Waals surface area (Å²) >= 11 is 0. The number of ether oxygens (including phenoxy) is 2. The molecule has 0 saturated heterocycles. The average Bonchev–Trinajstić information content (AvgIpc) is 3.04. The zero-order chi connectivity index (χ0) is 18.3. The lowest BCUT2D eigenvalue weighted by atomic mass is 10.1. The third-order valence-electron chi connectivity index (χ3n) is 4.37. The Labute approximate surface area is 148 Å². The molecule has 130 valence electrons. The molecule has 7 heteroatoms. The Morgan fingerprint density at radius 2 is 1.73 bits per heavy atom. The number of nitro groups is 1. The van der Waals surface area contributed by atoms with Gasteiger partial charge in [0, 0.05) is 28.6 Å². The van der Waals surface area contributed by atoms with Crippen molar-refractivity contribution >= 4 is 27.5 Å². The van der Waals surface area contributed by atoms with Crippen LogP contribution in [0.15, 0.2) is 48.7 Å². The van der Waals surface area contributed by atoms with Crippen LogP contribution >= 0.6 is 0 Å². The van der Waals surface area contributed by atoms with Gasteiger partial charge in [-0.1, -0.05) is 18.2 Å². The highest BCUT2D eigenvalue weighted by Crippen LogP contribution is 2.40. The standard InChI is InChI=1S/C19H15N3O4/c1-25-18-7-12(17(22(23)24)9-19(18)26-2)15-8-16-13(10-20-15)11-5-3-4-6-14(11)21-16/h3-10,21H,1-2H3. The van der Waals surface area contributed by atoms with Crippen molar-refractivity contribution in [2.24, 2.45) is 0 Å². The van der Waals surface area contributed by atoms with Gasteiger partial charge in [-0.2, -0.15) is 0 Å².